The fourth-order valence-corrected chi connectivity index (χ4v) is 7.25. The molecule has 50 heavy (non-hydrogen) atoms. The number of thioether (sulfide) groups is 1. The van der Waals surface area contributed by atoms with Crippen LogP contribution in [0.25, 0.3) is 6.08 Å². The van der Waals surface area contributed by atoms with Crippen molar-refractivity contribution in [1.29, 1.82) is 0 Å². The number of rotatable bonds is 11. The average molecular weight is 712 g/mol. The van der Waals surface area contributed by atoms with Crippen LogP contribution in [0.3, 0.4) is 0 Å². The van der Waals surface area contributed by atoms with Gasteiger partial charge < -0.3 is 30.5 Å². The van der Waals surface area contributed by atoms with Crippen molar-refractivity contribution in [3.8, 4) is 0 Å². The first-order valence-corrected chi connectivity index (χ1v) is 17.5. The van der Waals surface area contributed by atoms with Crippen LogP contribution < -0.4 is 20.9 Å². The highest BCUT2D eigenvalue weighted by Crippen LogP contribution is 2.38. The van der Waals surface area contributed by atoms with E-state index in [-0.39, 0.29) is 23.3 Å². The fourth-order valence-electron chi connectivity index (χ4n) is 5.23. The summed E-state index contributed by atoms with van der Waals surface area (Å²) in [7, 11) is 5.16. The maximum absolute atomic E-state index is 13.6. The second-order valence-electron chi connectivity index (χ2n) is 11.6. The molecule has 0 spiro atoms. The number of fused-ring (bicyclic) bond motifs is 1. The molecule has 0 atom stereocenters. The van der Waals surface area contributed by atoms with Gasteiger partial charge in [-0.3, -0.25) is 19.2 Å². The maximum Gasteiger partial charge on any atom is 0.341 e. The average Bonchev–Trinajstić information content (AvgIpc) is 3.47. The number of hydrogen-bond donors (Lipinski definition) is 3. The minimum atomic E-state index is -0.538. The van der Waals surface area contributed by atoms with Crippen LogP contribution in [0.1, 0.15) is 43.6 Å². The van der Waals surface area contributed by atoms with E-state index in [0.29, 0.717) is 46.2 Å². The molecule has 13 heteroatoms. The van der Waals surface area contributed by atoms with E-state index in [4.69, 9.17) is 4.74 Å². The van der Waals surface area contributed by atoms with E-state index in [1.54, 1.807) is 59.5 Å². The van der Waals surface area contributed by atoms with Gasteiger partial charge in [0, 0.05) is 54.3 Å². The van der Waals surface area contributed by atoms with Gasteiger partial charge in [0.2, 0.25) is 11.8 Å². The van der Waals surface area contributed by atoms with E-state index in [0.717, 1.165) is 21.7 Å². The predicted molar refractivity (Wildman–Crippen MR) is 198 cm³/mol. The number of thiophene rings is 1. The number of nitrogens with one attached hydrogen (secondary N) is 3. The molecule has 5 rings (SSSR count). The molecule has 0 bridgehead atoms. The largest absolute Gasteiger partial charge is 0.465 e. The lowest BCUT2D eigenvalue weighted by atomic mass is 10.0. The summed E-state index contributed by atoms with van der Waals surface area (Å²) in [5.74, 6) is -1.84. The van der Waals surface area contributed by atoms with Crippen molar-refractivity contribution in [2.45, 2.75) is 24.8 Å². The van der Waals surface area contributed by atoms with Gasteiger partial charge in [0.15, 0.2) is 0 Å². The van der Waals surface area contributed by atoms with Gasteiger partial charge in [-0.05, 0) is 66.1 Å². The highest BCUT2D eigenvalue weighted by atomic mass is 32.2. The van der Waals surface area contributed by atoms with E-state index in [9.17, 15) is 24.0 Å². The lowest BCUT2D eigenvalue weighted by molar-refractivity contribution is -0.129. The molecule has 1 aliphatic rings. The summed E-state index contributed by atoms with van der Waals surface area (Å²) in [5, 5.41) is 8.86. The normalized spacial score (nSPS) is 12.4. The molecule has 1 aromatic heterocycles. The number of hydrogen-bond acceptors (Lipinski definition) is 9. The molecule has 0 radical (unpaired) electrons. The molecule has 3 N–H and O–H groups in total. The van der Waals surface area contributed by atoms with Crippen molar-refractivity contribution in [1.82, 2.24) is 10.2 Å². The smallest absolute Gasteiger partial charge is 0.341 e. The molecule has 11 nitrogen and oxygen atoms in total. The van der Waals surface area contributed by atoms with Crippen LogP contribution in [0, 0.1) is 0 Å². The summed E-state index contributed by atoms with van der Waals surface area (Å²) >= 11 is 2.53. The van der Waals surface area contributed by atoms with Crippen LogP contribution in [0.5, 0.6) is 0 Å². The molecular formula is C37H37N5O6S2. The maximum atomic E-state index is 13.6. The van der Waals surface area contributed by atoms with Gasteiger partial charge in [0.1, 0.15) is 10.7 Å². The zero-order valence-corrected chi connectivity index (χ0v) is 29.7. The third-order valence-corrected chi connectivity index (χ3v) is 9.98. The minimum absolute atomic E-state index is 0.0291. The van der Waals surface area contributed by atoms with Crippen LogP contribution in [-0.4, -0.2) is 68.0 Å². The summed E-state index contributed by atoms with van der Waals surface area (Å²) in [4.78, 5) is 69.5. The Kier molecular flexibility index (Phi) is 11.7. The first-order valence-electron chi connectivity index (χ1n) is 15.7. The molecule has 2 heterocycles. The van der Waals surface area contributed by atoms with Gasteiger partial charge in [-0.2, -0.15) is 0 Å². The number of anilines is 3. The molecule has 3 aromatic carbocycles. The Balaban J connectivity index is 1.27. The summed E-state index contributed by atoms with van der Waals surface area (Å²) in [6.45, 7) is 2.36. The number of ether oxygens (including phenoxy) is 1. The summed E-state index contributed by atoms with van der Waals surface area (Å²) in [5.41, 5.74) is 3.77. The molecule has 258 valence electrons. The van der Waals surface area contributed by atoms with Crippen LogP contribution >= 0.6 is 23.1 Å². The van der Waals surface area contributed by atoms with Crippen LogP contribution in [0.2, 0.25) is 0 Å². The van der Waals surface area contributed by atoms with E-state index >= 15 is 0 Å². The molecule has 0 saturated carbocycles. The lowest BCUT2D eigenvalue weighted by Gasteiger charge is -2.25. The molecule has 4 aromatic rings. The van der Waals surface area contributed by atoms with Gasteiger partial charge in [-0.15, -0.1) is 23.1 Å². The number of benzene rings is 3. The second-order valence-corrected chi connectivity index (χ2v) is 13.7. The molecule has 0 fully saturated rings. The number of carbonyl (C=O) groups excluding carboxylic acids is 5. The van der Waals surface area contributed by atoms with Gasteiger partial charge in [-0.25, -0.2) is 4.79 Å². The van der Waals surface area contributed by atoms with E-state index in [2.05, 4.69) is 16.0 Å². The zero-order valence-electron chi connectivity index (χ0n) is 28.1. The number of esters is 1. The molecule has 1 aliphatic heterocycles. The number of carbonyl (C=O) groups is 5. The van der Waals surface area contributed by atoms with Gasteiger partial charge in [0.05, 0.1) is 25.0 Å². The molecular weight excluding hydrogens is 675 g/mol. The second kappa shape index (κ2) is 16.3. The topological polar surface area (TPSA) is 137 Å². The van der Waals surface area contributed by atoms with Crippen molar-refractivity contribution in [2.24, 2.45) is 0 Å². The quantitative estimate of drug-likeness (QED) is 0.103. The van der Waals surface area contributed by atoms with Gasteiger partial charge in [-0.1, -0.05) is 36.4 Å². The van der Waals surface area contributed by atoms with Crippen molar-refractivity contribution in [3.05, 3.63) is 112 Å². The Morgan fingerprint density at radius 3 is 2.38 bits per heavy atom. The first-order chi connectivity index (χ1) is 24.0. The fraction of sp³-hybridized carbons (Fsp3) is 0.216. The zero-order chi connectivity index (χ0) is 35.8. The first kappa shape index (κ1) is 35.9. The Labute approximate surface area is 298 Å². The highest BCUT2D eigenvalue weighted by molar-refractivity contribution is 8.00. The van der Waals surface area contributed by atoms with Crippen molar-refractivity contribution in [2.75, 3.05) is 49.0 Å². The van der Waals surface area contributed by atoms with Crippen LogP contribution in [-0.2, 0) is 32.1 Å². The third-order valence-electron chi connectivity index (χ3n) is 7.86. The van der Waals surface area contributed by atoms with E-state index in [1.165, 1.54) is 37.1 Å². The van der Waals surface area contributed by atoms with Gasteiger partial charge >= 0.3 is 5.97 Å². The number of methoxy groups -OCH3 is 1. The minimum Gasteiger partial charge on any atom is -0.465 e. The van der Waals surface area contributed by atoms with Crippen molar-refractivity contribution in [3.63, 3.8) is 0 Å². The number of nitrogens with zero attached hydrogens (tertiary/aromatic N) is 2. The van der Waals surface area contributed by atoms with Crippen molar-refractivity contribution >= 4 is 75.1 Å². The monoisotopic (exact) mass is 711 g/mol. The lowest BCUT2D eigenvalue weighted by Crippen LogP contribution is -2.33. The van der Waals surface area contributed by atoms with Gasteiger partial charge in [0.25, 0.3) is 11.8 Å². The molecule has 4 amide bonds. The summed E-state index contributed by atoms with van der Waals surface area (Å²) in [6, 6.07) is 23.2. The predicted octanol–water partition coefficient (Wildman–Crippen LogP) is 5.65. The Bertz CT molecular complexity index is 1940. The highest BCUT2D eigenvalue weighted by Gasteiger charge is 2.30. The van der Waals surface area contributed by atoms with Crippen LogP contribution in [0.15, 0.2) is 89.5 Å². The summed E-state index contributed by atoms with van der Waals surface area (Å²) < 4.78 is 5.01. The Morgan fingerprint density at radius 1 is 0.960 bits per heavy atom. The molecule has 0 aliphatic carbocycles. The molecule has 0 saturated heterocycles. The third kappa shape index (κ3) is 8.98. The SMILES string of the molecule is COC(=O)c1c(NC(=O)CSc2cccc(NC(=O)/C(=C\c3ccc(N(C)C)cc3)NC(=O)c3ccccc3)c2)sc2c1CCN(C(C)=O)C2. The molecule has 0 unspecified atom stereocenters. The van der Waals surface area contributed by atoms with Crippen LogP contribution in [0.4, 0.5) is 16.4 Å². The number of amides is 4. The standard InChI is InChI=1S/C37H37N5O6S2/c1-23(43)42-18-17-29-31(21-42)50-36(33(29)37(47)48-4)40-32(44)22-49-28-12-8-11-26(20-28)38-35(46)30(39-34(45)25-9-6-5-7-10-25)19-24-13-15-27(16-14-24)41(2)3/h5-16,19-20H,17-18,21-22H2,1-4H3,(H,38,46)(H,39,45)(H,40,44)/b30-19+. The Hall–Kier alpha value is -5.40. The van der Waals surface area contributed by atoms with Crippen molar-refractivity contribution < 1.29 is 28.7 Å². The van der Waals surface area contributed by atoms with E-state index < -0.39 is 17.8 Å². The summed E-state index contributed by atoms with van der Waals surface area (Å²) in [6.07, 6.45) is 2.11. The Morgan fingerprint density at radius 2 is 1.70 bits per heavy atom. The van der Waals surface area contributed by atoms with E-state index in [1.807, 2.05) is 49.3 Å².